The standard InChI is InChI=1S/C9H10ClN5/c1-6-7(10)13-9-11-5-12-15(9)8(6)14-3-2-4-14/h5H,2-4H2,1H3. The van der Waals surface area contributed by atoms with Crippen LogP contribution in [0.2, 0.25) is 5.15 Å². The molecule has 0 radical (unpaired) electrons. The first-order valence-electron chi connectivity index (χ1n) is 4.88. The van der Waals surface area contributed by atoms with E-state index < -0.39 is 0 Å². The molecule has 0 aromatic carbocycles. The van der Waals surface area contributed by atoms with Crippen LogP contribution >= 0.6 is 11.6 Å². The van der Waals surface area contributed by atoms with Crippen LogP contribution in [0.5, 0.6) is 0 Å². The van der Waals surface area contributed by atoms with Gasteiger partial charge in [0.25, 0.3) is 5.78 Å². The third-order valence-corrected chi connectivity index (χ3v) is 3.10. The SMILES string of the molecule is Cc1c(Cl)nc2ncnn2c1N1CCC1. The third-order valence-electron chi connectivity index (χ3n) is 2.73. The molecule has 0 spiro atoms. The van der Waals surface area contributed by atoms with Crippen LogP contribution in [-0.4, -0.2) is 32.7 Å². The summed E-state index contributed by atoms with van der Waals surface area (Å²) in [5.74, 6) is 1.58. The van der Waals surface area contributed by atoms with Crippen molar-refractivity contribution in [1.82, 2.24) is 19.6 Å². The minimum atomic E-state index is 0.511. The lowest BCUT2D eigenvalue weighted by molar-refractivity contribution is 0.597. The molecule has 6 heteroatoms. The van der Waals surface area contributed by atoms with Crippen LogP contribution in [-0.2, 0) is 0 Å². The van der Waals surface area contributed by atoms with Crippen molar-refractivity contribution < 1.29 is 0 Å². The molecule has 15 heavy (non-hydrogen) atoms. The van der Waals surface area contributed by atoms with E-state index >= 15 is 0 Å². The summed E-state index contributed by atoms with van der Waals surface area (Å²) in [4.78, 5) is 10.5. The molecule has 5 nitrogen and oxygen atoms in total. The summed E-state index contributed by atoms with van der Waals surface area (Å²) < 4.78 is 1.75. The van der Waals surface area contributed by atoms with Crippen LogP contribution in [0, 0.1) is 6.92 Å². The van der Waals surface area contributed by atoms with Crippen molar-refractivity contribution in [1.29, 1.82) is 0 Å². The van der Waals surface area contributed by atoms with Gasteiger partial charge in [-0.25, -0.2) is 0 Å². The molecule has 2 aromatic heterocycles. The molecule has 0 atom stereocenters. The largest absolute Gasteiger partial charge is 0.356 e. The lowest BCUT2D eigenvalue weighted by atomic mass is 10.2. The fraction of sp³-hybridized carbons (Fsp3) is 0.444. The minimum Gasteiger partial charge on any atom is -0.356 e. The second-order valence-electron chi connectivity index (χ2n) is 3.66. The van der Waals surface area contributed by atoms with Gasteiger partial charge in [-0.05, 0) is 13.3 Å². The average molecular weight is 224 g/mol. The van der Waals surface area contributed by atoms with Gasteiger partial charge in [0, 0.05) is 18.7 Å². The number of hydrogen-bond donors (Lipinski definition) is 0. The van der Waals surface area contributed by atoms with E-state index in [0.717, 1.165) is 24.5 Å². The van der Waals surface area contributed by atoms with E-state index in [1.165, 1.54) is 12.7 Å². The second kappa shape index (κ2) is 3.06. The molecular formula is C9H10ClN5. The summed E-state index contributed by atoms with van der Waals surface area (Å²) in [6.07, 6.45) is 2.72. The molecule has 2 aromatic rings. The maximum absolute atomic E-state index is 6.06. The molecule has 3 rings (SSSR count). The molecule has 0 amide bonds. The zero-order chi connectivity index (χ0) is 10.4. The van der Waals surface area contributed by atoms with Crippen LogP contribution < -0.4 is 4.90 Å². The molecular weight excluding hydrogens is 214 g/mol. The summed E-state index contributed by atoms with van der Waals surface area (Å²) in [5.41, 5.74) is 0.967. The van der Waals surface area contributed by atoms with Crippen LogP contribution in [0.4, 0.5) is 5.82 Å². The van der Waals surface area contributed by atoms with E-state index in [1.807, 2.05) is 6.92 Å². The molecule has 0 saturated carbocycles. The predicted octanol–water partition coefficient (Wildman–Crippen LogP) is 1.30. The van der Waals surface area contributed by atoms with Crippen LogP contribution in [0.1, 0.15) is 12.0 Å². The van der Waals surface area contributed by atoms with E-state index in [4.69, 9.17) is 11.6 Å². The fourth-order valence-electron chi connectivity index (χ4n) is 1.78. The molecule has 0 N–H and O–H groups in total. The Labute approximate surface area is 91.7 Å². The molecule has 0 aliphatic carbocycles. The third kappa shape index (κ3) is 1.19. The zero-order valence-electron chi connectivity index (χ0n) is 8.31. The first kappa shape index (κ1) is 8.91. The van der Waals surface area contributed by atoms with Gasteiger partial charge in [-0.1, -0.05) is 11.6 Å². The minimum absolute atomic E-state index is 0.511. The van der Waals surface area contributed by atoms with Crippen molar-refractivity contribution >= 4 is 23.2 Å². The van der Waals surface area contributed by atoms with Gasteiger partial charge in [0.15, 0.2) is 0 Å². The highest BCUT2D eigenvalue weighted by Gasteiger charge is 2.22. The Morgan fingerprint density at radius 1 is 1.40 bits per heavy atom. The van der Waals surface area contributed by atoms with Crippen LogP contribution in [0.3, 0.4) is 0 Å². The molecule has 1 fully saturated rings. The zero-order valence-corrected chi connectivity index (χ0v) is 9.07. The van der Waals surface area contributed by atoms with Crippen molar-refractivity contribution in [2.45, 2.75) is 13.3 Å². The number of aromatic nitrogens is 4. The Bertz CT molecular complexity index is 516. The molecule has 1 aliphatic rings. The van der Waals surface area contributed by atoms with Crippen LogP contribution in [0.15, 0.2) is 6.33 Å². The van der Waals surface area contributed by atoms with E-state index in [9.17, 15) is 0 Å². The summed E-state index contributed by atoms with van der Waals surface area (Å²) >= 11 is 6.06. The second-order valence-corrected chi connectivity index (χ2v) is 4.02. The lowest BCUT2D eigenvalue weighted by Crippen LogP contribution is -2.39. The van der Waals surface area contributed by atoms with E-state index in [2.05, 4.69) is 20.0 Å². The van der Waals surface area contributed by atoms with Gasteiger partial charge < -0.3 is 4.90 Å². The predicted molar refractivity (Wildman–Crippen MR) is 57.4 cm³/mol. The first-order valence-corrected chi connectivity index (χ1v) is 5.26. The number of nitrogens with zero attached hydrogens (tertiary/aromatic N) is 5. The monoisotopic (exact) mass is 223 g/mol. The first-order chi connectivity index (χ1) is 7.27. The van der Waals surface area contributed by atoms with Crippen LogP contribution in [0.25, 0.3) is 5.78 Å². The number of fused-ring (bicyclic) bond motifs is 1. The van der Waals surface area contributed by atoms with Gasteiger partial charge in [0.1, 0.15) is 17.3 Å². The molecule has 1 aliphatic heterocycles. The molecule has 3 heterocycles. The summed E-state index contributed by atoms with van der Waals surface area (Å²) in [5, 5.41) is 4.68. The quantitative estimate of drug-likeness (QED) is 0.684. The molecule has 78 valence electrons. The molecule has 0 unspecified atom stereocenters. The number of anilines is 1. The van der Waals surface area contributed by atoms with E-state index in [-0.39, 0.29) is 0 Å². The summed E-state index contributed by atoms with van der Waals surface area (Å²) in [7, 11) is 0. The smallest absolute Gasteiger partial charge is 0.255 e. The fourth-order valence-corrected chi connectivity index (χ4v) is 1.94. The lowest BCUT2D eigenvalue weighted by Gasteiger charge is -2.34. The van der Waals surface area contributed by atoms with Gasteiger partial charge in [-0.3, -0.25) is 0 Å². The Balaban J connectivity index is 2.30. The van der Waals surface area contributed by atoms with Gasteiger partial charge in [0.05, 0.1) is 0 Å². The Morgan fingerprint density at radius 2 is 2.20 bits per heavy atom. The topological polar surface area (TPSA) is 46.3 Å². The summed E-state index contributed by atoms with van der Waals surface area (Å²) in [6.45, 7) is 4.07. The summed E-state index contributed by atoms with van der Waals surface area (Å²) in [6, 6.07) is 0. The molecule has 0 bridgehead atoms. The van der Waals surface area contributed by atoms with Gasteiger partial charge >= 0.3 is 0 Å². The van der Waals surface area contributed by atoms with Gasteiger partial charge in [0.2, 0.25) is 0 Å². The number of hydrogen-bond acceptors (Lipinski definition) is 4. The van der Waals surface area contributed by atoms with Gasteiger partial charge in [-0.15, -0.1) is 0 Å². The highest BCUT2D eigenvalue weighted by molar-refractivity contribution is 6.30. The van der Waals surface area contributed by atoms with Crippen molar-refractivity contribution in [3.63, 3.8) is 0 Å². The maximum atomic E-state index is 6.06. The Morgan fingerprint density at radius 3 is 2.87 bits per heavy atom. The molecule has 1 saturated heterocycles. The highest BCUT2D eigenvalue weighted by Crippen LogP contribution is 2.28. The van der Waals surface area contributed by atoms with Crippen molar-refractivity contribution in [3.05, 3.63) is 17.0 Å². The average Bonchev–Trinajstić information content (AvgIpc) is 2.56. The van der Waals surface area contributed by atoms with Crippen molar-refractivity contribution in [2.24, 2.45) is 0 Å². The van der Waals surface area contributed by atoms with E-state index in [0.29, 0.717) is 10.9 Å². The van der Waals surface area contributed by atoms with Gasteiger partial charge in [-0.2, -0.15) is 19.6 Å². The highest BCUT2D eigenvalue weighted by atomic mass is 35.5. The number of halogens is 1. The van der Waals surface area contributed by atoms with E-state index in [1.54, 1.807) is 4.52 Å². The maximum Gasteiger partial charge on any atom is 0.255 e. The van der Waals surface area contributed by atoms with Crippen molar-refractivity contribution in [3.8, 4) is 0 Å². The Kier molecular flexibility index (Phi) is 1.82. The van der Waals surface area contributed by atoms with Crippen molar-refractivity contribution in [2.75, 3.05) is 18.0 Å². The number of rotatable bonds is 1. The Hall–Kier alpha value is -1.36. The normalized spacial score (nSPS) is 15.7.